The quantitative estimate of drug-likeness (QED) is 0.183. The van der Waals surface area contributed by atoms with Crippen LogP contribution in [-0.2, 0) is 4.79 Å². The van der Waals surface area contributed by atoms with Gasteiger partial charge in [-0.25, -0.2) is 19.6 Å². The smallest absolute Gasteiger partial charge is 0.345 e. The van der Waals surface area contributed by atoms with Crippen LogP contribution in [-0.4, -0.2) is 67.0 Å². The minimum atomic E-state index is -4.44. The molecule has 40 heavy (non-hydrogen) atoms. The zero-order chi connectivity index (χ0) is 28.0. The Morgan fingerprint density at radius 3 is 2.02 bits per heavy atom. The molecule has 4 heterocycles. The van der Waals surface area contributed by atoms with Gasteiger partial charge in [0.25, 0.3) is 0 Å². The molecule has 1 amide bonds. The van der Waals surface area contributed by atoms with Crippen LogP contribution >= 0.6 is 0 Å². The lowest BCUT2D eigenvalue weighted by Crippen LogP contribution is -2.35. The van der Waals surface area contributed by atoms with E-state index < -0.39 is 31.5 Å². The molecular weight excluding hydrogens is 546 g/mol. The van der Waals surface area contributed by atoms with Crippen molar-refractivity contribution in [2.45, 2.75) is 27.2 Å². The summed E-state index contributed by atoms with van der Waals surface area (Å²) in [5.41, 5.74) is 3.18. The summed E-state index contributed by atoms with van der Waals surface area (Å²) in [6.07, 6.45) is 4.54. The highest BCUT2D eigenvalue weighted by Gasteiger charge is 2.28. The lowest BCUT2D eigenvalue weighted by molar-refractivity contribution is -0.122. The third-order valence-electron chi connectivity index (χ3n) is 4.01. The van der Waals surface area contributed by atoms with E-state index in [1.807, 2.05) is 12.1 Å². The van der Waals surface area contributed by atoms with Crippen LogP contribution in [0.25, 0.3) is 22.5 Å². The first-order chi connectivity index (χ1) is 18.0. The summed E-state index contributed by atoms with van der Waals surface area (Å²) in [5.74, 6) is 0. The number of rotatable bonds is 4. The number of halogens is 6. The van der Waals surface area contributed by atoms with E-state index in [1.54, 1.807) is 54.8 Å². The van der Waals surface area contributed by atoms with E-state index in [2.05, 4.69) is 29.9 Å². The Labute approximate surface area is 225 Å². The maximum Gasteiger partial charge on any atom is 0.408 e. The molecule has 2 N–H and O–H groups in total. The molecule has 16 heteroatoms. The fourth-order valence-corrected chi connectivity index (χ4v) is 2.42. The summed E-state index contributed by atoms with van der Waals surface area (Å²) in [5, 5.41) is 1.75. The number of isocyanates is 1. The van der Waals surface area contributed by atoms with Gasteiger partial charge in [0.05, 0.1) is 23.9 Å². The van der Waals surface area contributed by atoms with E-state index in [0.29, 0.717) is 11.3 Å². The van der Waals surface area contributed by atoms with Gasteiger partial charge >= 0.3 is 18.4 Å². The summed E-state index contributed by atoms with van der Waals surface area (Å²) < 4.78 is 69.7. The average Bonchev–Trinajstić information content (AvgIpc) is 3.60. The largest absolute Gasteiger partial charge is 0.408 e. The molecule has 0 spiro atoms. The number of pyridine rings is 2. The molecule has 4 aromatic heterocycles. The van der Waals surface area contributed by atoms with Crippen molar-refractivity contribution in [3.8, 4) is 22.5 Å². The summed E-state index contributed by atoms with van der Waals surface area (Å²) in [6.45, 7) is -2.82. The van der Waals surface area contributed by atoms with Crippen LogP contribution in [0.3, 0.4) is 0 Å². The first-order valence-corrected chi connectivity index (χ1v) is 10.3. The first kappa shape index (κ1) is 35.2. The molecular formula is C24H26F6N8O2. The Morgan fingerprint density at radius 2 is 1.57 bits per heavy atom. The van der Waals surface area contributed by atoms with Gasteiger partial charge in [0.15, 0.2) is 0 Å². The second-order valence-electron chi connectivity index (χ2n) is 6.91. The number of hydrogen-bond donors (Lipinski definition) is 2. The summed E-state index contributed by atoms with van der Waals surface area (Å²) in [4.78, 5) is 41.5. The minimum absolute atomic E-state index is 0. The first-order valence-electron chi connectivity index (χ1n) is 10.3. The van der Waals surface area contributed by atoms with E-state index in [4.69, 9.17) is 4.79 Å². The van der Waals surface area contributed by atoms with Gasteiger partial charge in [-0.05, 0) is 24.3 Å². The molecule has 216 valence electrons. The third kappa shape index (κ3) is 13.6. The highest BCUT2D eigenvalue weighted by atomic mass is 19.4. The molecule has 0 atom stereocenters. The van der Waals surface area contributed by atoms with Crippen molar-refractivity contribution in [1.29, 1.82) is 0 Å². The molecule has 4 rings (SSSR count). The maximum absolute atomic E-state index is 12.0. The van der Waals surface area contributed by atoms with Crippen molar-refractivity contribution in [2.75, 3.05) is 13.1 Å². The van der Waals surface area contributed by atoms with Crippen molar-refractivity contribution in [3.63, 3.8) is 0 Å². The van der Waals surface area contributed by atoms with Crippen molar-refractivity contribution in [3.05, 3.63) is 74.1 Å². The van der Waals surface area contributed by atoms with Crippen LogP contribution in [0.4, 0.5) is 31.1 Å². The fourth-order valence-electron chi connectivity index (χ4n) is 2.42. The van der Waals surface area contributed by atoms with Crippen molar-refractivity contribution >= 4 is 12.1 Å². The zero-order valence-electron chi connectivity index (χ0n) is 19.1. The lowest BCUT2D eigenvalue weighted by Gasteiger charge is -2.07. The SMILES string of the molecule is C.C.O=C(NCC(F)(F)F)n1cnc(-c2cccnc2)c1.O=C=NCC(F)(F)F.c1cncc(-c2cnc[nH]2)c1. The number of amides is 1. The predicted molar refractivity (Wildman–Crippen MR) is 135 cm³/mol. The predicted octanol–water partition coefficient (Wildman–Crippen LogP) is 5.69. The van der Waals surface area contributed by atoms with Crippen LogP contribution in [0.1, 0.15) is 14.9 Å². The Morgan fingerprint density at radius 1 is 0.950 bits per heavy atom. The second-order valence-corrected chi connectivity index (χ2v) is 6.91. The topological polar surface area (TPSA) is 131 Å². The molecule has 0 bridgehead atoms. The Hall–Kier alpha value is -4.85. The van der Waals surface area contributed by atoms with Gasteiger partial charge < -0.3 is 10.3 Å². The summed E-state index contributed by atoms with van der Waals surface area (Å²) in [6, 6.07) is 6.42. The lowest BCUT2D eigenvalue weighted by atomic mass is 10.2. The number of carbonyl (C=O) groups is 1. The molecule has 0 radical (unpaired) electrons. The van der Waals surface area contributed by atoms with E-state index in [-0.39, 0.29) is 14.9 Å². The van der Waals surface area contributed by atoms with Gasteiger partial charge in [-0.3, -0.25) is 14.5 Å². The van der Waals surface area contributed by atoms with Crippen molar-refractivity contribution < 1.29 is 35.9 Å². The maximum atomic E-state index is 12.0. The van der Waals surface area contributed by atoms with Crippen molar-refractivity contribution in [1.82, 2.24) is 34.8 Å². The highest BCUT2D eigenvalue weighted by Crippen LogP contribution is 2.16. The Bertz CT molecular complexity index is 1290. The standard InChI is InChI=1S/C11H9F3N4O.C8H7N3.C3H2F3NO.2CH4/c12-11(13,14)6-16-10(19)18-5-9(17-7-18)8-2-1-3-15-4-8;1-2-7(4-9-3-1)8-5-10-6-11-8;4-3(5,6)1-7-2-8;;/h1-5,7H,6H2,(H,16,19);1-6H,(H,10,11);1H2;2*1H4. The third-order valence-corrected chi connectivity index (χ3v) is 4.01. The monoisotopic (exact) mass is 572 g/mol. The normalized spacial score (nSPS) is 10.2. The molecule has 0 unspecified atom stereocenters. The van der Waals surface area contributed by atoms with Gasteiger partial charge in [-0.2, -0.15) is 31.3 Å². The molecule has 0 aliphatic heterocycles. The van der Waals surface area contributed by atoms with Gasteiger partial charge in [0, 0.05) is 42.1 Å². The van der Waals surface area contributed by atoms with Gasteiger partial charge in [-0.1, -0.05) is 14.9 Å². The van der Waals surface area contributed by atoms with Crippen LogP contribution in [0, 0.1) is 0 Å². The van der Waals surface area contributed by atoms with Gasteiger partial charge in [-0.15, -0.1) is 0 Å². The molecule has 10 nitrogen and oxygen atoms in total. The molecule has 0 saturated heterocycles. The van der Waals surface area contributed by atoms with Crippen LogP contribution in [0.5, 0.6) is 0 Å². The number of aromatic nitrogens is 6. The van der Waals surface area contributed by atoms with E-state index >= 15 is 0 Å². The van der Waals surface area contributed by atoms with E-state index in [1.165, 1.54) is 6.20 Å². The number of alkyl halides is 6. The summed E-state index contributed by atoms with van der Waals surface area (Å²) >= 11 is 0. The number of nitrogens with zero attached hydrogens (tertiary/aromatic N) is 6. The molecule has 4 aromatic rings. The second kappa shape index (κ2) is 16.9. The number of imidazole rings is 2. The number of H-pyrrole nitrogens is 1. The number of hydrogen-bond acceptors (Lipinski definition) is 7. The molecule has 0 fully saturated rings. The number of carbonyl (C=O) groups excluding carboxylic acids is 2. The number of aromatic amines is 1. The summed E-state index contributed by atoms with van der Waals surface area (Å²) in [7, 11) is 0. The molecule has 0 aliphatic rings. The number of nitrogens with one attached hydrogen (secondary N) is 2. The molecule has 0 aromatic carbocycles. The molecule has 0 saturated carbocycles. The van der Waals surface area contributed by atoms with Crippen LogP contribution < -0.4 is 5.32 Å². The van der Waals surface area contributed by atoms with Gasteiger partial charge in [0.1, 0.15) is 19.4 Å². The van der Waals surface area contributed by atoms with Crippen molar-refractivity contribution in [2.24, 2.45) is 4.99 Å². The van der Waals surface area contributed by atoms with E-state index in [9.17, 15) is 31.1 Å². The average molecular weight is 573 g/mol. The van der Waals surface area contributed by atoms with Gasteiger partial charge in [0.2, 0.25) is 6.08 Å². The minimum Gasteiger partial charge on any atom is -0.345 e. The Balaban J connectivity index is 0.000000618. The van der Waals surface area contributed by atoms with Crippen LogP contribution in [0.2, 0.25) is 0 Å². The number of aliphatic imine (C=N–C) groups is 1. The van der Waals surface area contributed by atoms with E-state index in [0.717, 1.165) is 28.2 Å². The fraction of sp³-hybridized carbons (Fsp3) is 0.250. The van der Waals surface area contributed by atoms with Crippen LogP contribution in [0.15, 0.2) is 79.1 Å². The highest BCUT2D eigenvalue weighted by molar-refractivity contribution is 5.77. The molecule has 0 aliphatic carbocycles. The zero-order valence-corrected chi connectivity index (χ0v) is 19.1. The Kier molecular flexibility index (Phi) is 14.8.